The van der Waals surface area contributed by atoms with Crippen molar-refractivity contribution < 1.29 is 14.3 Å². The number of aryl methyl sites for hydroxylation is 2. The Balaban J connectivity index is 1.87. The van der Waals surface area contributed by atoms with Crippen LogP contribution in [-0.2, 0) is 9.59 Å². The number of methoxy groups -OCH3 is 1. The van der Waals surface area contributed by atoms with E-state index < -0.39 is 0 Å². The molecule has 0 radical (unpaired) electrons. The van der Waals surface area contributed by atoms with Crippen LogP contribution in [0, 0.1) is 13.8 Å². The Bertz CT molecular complexity index is 987. The van der Waals surface area contributed by atoms with Crippen molar-refractivity contribution in [1.29, 1.82) is 0 Å². The zero-order chi connectivity index (χ0) is 19.8. The molecule has 2 aliphatic heterocycles. The third-order valence-electron chi connectivity index (χ3n) is 5.60. The third-order valence-corrected chi connectivity index (χ3v) is 5.60. The molecule has 2 amide bonds. The van der Waals surface area contributed by atoms with Gasteiger partial charge in [0.25, 0.3) is 11.8 Å². The first-order valence-electron chi connectivity index (χ1n) is 9.61. The van der Waals surface area contributed by atoms with Gasteiger partial charge in [0.2, 0.25) is 0 Å². The molecule has 28 heavy (non-hydrogen) atoms. The van der Waals surface area contributed by atoms with Crippen molar-refractivity contribution in [2.45, 2.75) is 26.7 Å². The highest BCUT2D eigenvalue weighted by atomic mass is 16.5. The van der Waals surface area contributed by atoms with Gasteiger partial charge >= 0.3 is 0 Å². The van der Waals surface area contributed by atoms with E-state index in [1.165, 1.54) is 4.90 Å². The van der Waals surface area contributed by atoms with Gasteiger partial charge in [0.1, 0.15) is 11.4 Å². The predicted octanol–water partition coefficient (Wildman–Crippen LogP) is 3.69. The summed E-state index contributed by atoms with van der Waals surface area (Å²) in [6.07, 6.45) is 2.06. The summed E-state index contributed by atoms with van der Waals surface area (Å²) in [4.78, 5) is 30.3. The van der Waals surface area contributed by atoms with Crippen LogP contribution in [0.15, 0.2) is 48.2 Å². The minimum Gasteiger partial charge on any atom is -0.495 e. The topological polar surface area (TPSA) is 49.9 Å². The van der Waals surface area contributed by atoms with Crippen molar-refractivity contribution in [3.8, 4) is 5.75 Å². The van der Waals surface area contributed by atoms with Gasteiger partial charge in [-0.1, -0.05) is 30.3 Å². The van der Waals surface area contributed by atoms with E-state index in [4.69, 9.17) is 4.74 Å². The number of ether oxygens (including phenoxy) is 1. The summed E-state index contributed by atoms with van der Waals surface area (Å²) in [5.41, 5.74) is 4.53. The number of anilines is 1. The first-order valence-corrected chi connectivity index (χ1v) is 9.61. The number of likely N-dealkylation sites (tertiary alicyclic amines) is 1. The largest absolute Gasteiger partial charge is 0.495 e. The maximum Gasteiger partial charge on any atom is 0.282 e. The molecule has 0 N–H and O–H groups in total. The number of nitrogens with zero attached hydrogens (tertiary/aromatic N) is 2. The van der Waals surface area contributed by atoms with E-state index in [0.29, 0.717) is 22.7 Å². The van der Waals surface area contributed by atoms with Crippen LogP contribution in [0.25, 0.3) is 5.57 Å². The number of imide groups is 1. The summed E-state index contributed by atoms with van der Waals surface area (Å²) < 4.78 is 5.41. The minimum atomic E-state index is -0.292. The van der Waals surface area contributed by atoms with Gasteiger partial charge in [-0.15, -0.1) is 0 Å². The zero-order valence-electron chi connectivity index (χ0n) is 16.5. The van der Waals surface area contributed by atoms with Gasteiger partial charge in [0, 0.05) is 13.1 Å². The van der Waals surface area contributed by atoms with Crippen molar-refractivity contribution in [2.24, 2.45) is 0 Å². The van der Waals surface area contributed by atoms with Gasteiger partial charge in [-0.05, 0) is 55.5 Å². The number of para-hydroxylation sites is 2. The molecule has 0 spiro atoms. The van der Waals surface area contributed by atoms with E-state index in [0.717, 1.165) is 42.6 Å². The number of hydrogen-bond acceptors (Lipinski definition) is 4. The molecule has 1 saturated heterocycles. The summed E-state index contributed by atoms with van der Waals surface area (Å²) in [6, 6.07) is 13.1. The van der Waals surface area contributed by atoms with Gasteiger partial charge < -0.3 is 9.64 Å². The van der Waals surface area contributed by atoms with Crippen LogP contribution in [-0.4, -0.2) is 36.9 Å². The highest BCUT2D eigenvalue weighted by molar-refractivity contribution is 6.45. The molecule has 2 heterocycles. The summed E-state index contributed by atoms with van der Waals surface area (Å²) >= 11 is 0. The Labute approximate surface area is 165 Å². The number of carbonyl (C=O) groups is 2. The van der Waals surface area contributed by atoms with Crippen LogP contribution in [0.5, 0.6) is 5.75 Å². The molecule has 0 bridgehead atoms. The van der Waals surface area contributed by atoms with Crippen molar-refractivity contribution >= 4 is 23.1 Å². The molecule has 0 saturated carbocycles. The van der Waals surface area contributed by atoms with Gasteiger partial charge in [0.05, 0.1) is 18.4 Å². The fourth-order valence-corrected chi connectivity index (χ4v) is 3.94. The Morgan fingerprint density at radius 2 is 1.61 bits per heavy atom. The number of rotatable bonds is 4. The molecule has 2 aliphatic rings. The molecule has 5 nitrogen and oxygen atoms in total. The fourth-order valence-electron chi connectivity index (χ4n) is 3.94. The van der Waals surface area contributed by atoms with Gasteiger partial charge in [-0.25, -0.2) is 4.90 Å². The normalized spacial score (nSPS) is 17.1. The van der Waals surface area contributed by atoms with Gasteiger partial charge in [-0.3, -0.25) is 9.59 Å². The number of hydrogen-bond donors (Lipinski definition) is 0. The maximum atomic E-state index is 13.5. The van der Waals surface area contributed by atoms with Crippen LogP contribution >= 0.6 is 0 Å². The van der Waals surface area contributed by atoms with E-state index in [9.17, 15) is 9.59 Å². The highest BCUT2D eigenvalue weighted by Crippen LogP contribution is 2.39. The number of carbonyl (C=O) groups excluding carboxylic acids is 2. The maximum absolute atomic E-state index is 13.5. The summed E-state index contributed by atoms with van der Waals surface area (Å²) in [6.45, 7) is 5.65. The monoisotopic (exact) mass is 376 g/mol. The molecule has 1 fully saturated rings. The summed E-state index contributed by atoms with van der Waals surface area (Å²) in [5.74, 6) is -0.0596. The van der Waals surface area contributed by atoms with Crippen LogP contribution in [0.3, 0.4) is 0 Å². The lowest BCUT2D eigenvalue weighted by Crippen LogP contribution is -2.34. The second-order valence-corrected chi connectivity index (χ2v) is 7.33. The molecule has 2 aromatic carbocycles. The van der Waals surface area contributed by atoms with Crippen molar-refractivity contribution in [3.05, 3.63) is 64.9 Å². The average Bonchev–Trinajstić information content (AvgIpc) is 3.30. The smallest absolute Gasteiger partial charge is 0.282 e. The molecule has 0 atom stereocenters. The highest BCUT2D eigenvalue weighted by Gasteiger charge is 2.43. The predicted molar refractivity (Wildman–Crippen MR) is 109 cm³/mol. The molecule has 2 aromatic rings. The van der Waals surface area contributed by atoms with Crippen molar-refractivity contribution in [2.75, 3.05) is 25.1 Å². The van der Waals surface area contributed by atoms with Crippen molar-refractivity contribution in [3.63, 3.8) is 0 Å². The van der Waals surface area contributed by atoms with Crippen molar-refractivity contribution in [1.82, 2.24) is 4.90 Å². The van der Waals surface area contributed by atoms with Gasteiger partial charge in [-0.2, -0.15) is 0 Å². The summed E-state index contributed by atoms with van der Waals surface area (Å²) in [7, 11) is 1.54. The molecule has 0 aliphatic carbocycles. The molecular formula is C23H24N2O3. The fraction of sp³-hybridized carbons (Fsp3) is 0.304. The lowest BCUT2D eigenvalue weighted by atomic mass is 9.99. The Morgan fingerprint density at radius 1 is 0.893 bits per heavy atom. The van der Waals surface area contributed by atoms with E-state index in [-0.39, 0.29) is 11.8 Å². The molecule has 0 unspecified atom stereocenters. The zero-order valence-corrected chi connectivity index (χ0v) is 16.5. The first-order chi connectivity index (χ1) is 13.5. The summed E-state index contributed by atoms with van der Waals surface area (Å²) in [5, 5.41) is 0. The lowest BCUT2D eigenvalue weighted by Gasteiger charge is -2.21. The van der Waals surface area contributed by atoms with Crippen LogP contribution in [0.4, 0.5) is 5.69 Å². The molecular weight excluding hydrogens is 352 g/mol. The molecule has 0 aromatic heterocycles. The van der Waals surface area contributed by atoms with Gasteiger partial charge in [0.15, 0.2) is 0 Å². The number of benzene rings is 2. The molecule has 5 heteroatoms. The number of amides is 2. The quantitative estimate of drug-likeness (QED) is 0.764. The Kier molecular flexibility index (Phi) is 4.67. The first kappa shape index (κ1) is 18.3. The Morgan fingerprint density at radius 3 is 2.29 bits per heavy atom. The lowest BCUT2D eigenvalue weighted by molar-refractivity contribution is -0.120. The van der Waals surface area contributed by atoms with E-state index >= 15 is 0 Å². The van der Waals surface area contributed by atoms with E-state index in [1.54, 1.807) is 19.2 Å². The van der Waals surface area contributed by atoms with E-state index in [1.807, 2.05) is 44.2 Å². The molecule has 4 rings (SSSR count). The third kappa shape index (κ3) is 2.87. The SMILES string of the molecule is COc1ccccc1N1C(=O)C(c2ccc(C)c(C)c2)=C(N2CCCC2)C1=O. The van der Waals surface area contributed by atoms with Crippen LogP contribution < -0.4 is 9.64 Å². The second-order valence-electron chi connectivity index (χ2n) is 7.33. The van der Waals surface area contributed by atoms with Crippen LogP contribution in [0.2, 0.25) is 0 Å². The van der Waals surface area contributed by atoms with Crippen LogP contribution in [0.1, 0.15) is 29.5 Å². The average molecular weight is 376 g/mol. The standard InChI is InChI=1S/C23H24N2O3/c1-15-10-11-17(14-16(15)2)20-21(24-12-6-7-13-24)23(27)25(22(20)26)18-8-4-5-9-19(18)28-3/h4-5,8-11,14H,6-7,12-13H2,1-3H3. The molecule has 144 valence electrons. The second kappa shape index (κ2) is 7.15. The Hall–Kier alpha value is -3.08. The minimum absolute atomic E-state index is 0.273. The van der Waals surface area contributed by atoms with E-state index in [2.05, 4.69) is 4.90 Å².